The summed E-state index contributed by atoms with van der Waals surface area (Å²) in [6, 6.07) is 17.4. The van der Waals surface area contributed by atoms with Crippen LogP contribution in [0.15, 0.2) is 59.6 Å². The van der Waals surface area contributed by atoms with Crippen LogP contribution < -0.4 is 15.8 Å². The fraction of sp³-hybridized carbons (Fsp3) is 0.292. The third-order valence-electron chi connectivity index (χ3n) is 4.98. The van der Waals surface area contributed by atoms with Crippen LogP contribution in [0.3, 0.4) is 0 Å². The van der Waals surface area contributed by atoms with Gasteiger partial charge in [0.15, 0.2) is 5.96 Å². The quantitative estimate of drug-likeness (QED) is 0.225. The molecule has 7 heteroatoms. The van der Waals surface area contributed by atoms with Gasteiger partial charge in [-0.15, -0.1) is 0 Å². The number of guanidine groups is 1. The number of nitrogens with two attached hydrogens (primary N) is 1. The van der Waals surface area contributed by atoms with Crippen LogP contribution in [0, 0.1) is 0 Å². The van der Waals surface area contributed by atoms with Crippen LogP contribution in [0.25, 0.3) is 22.2 Å². The zero-order valence-corrected chi connectivity index (χ0v) is 17.3. The van der Waals surface area contributed by atoms with Crippen molar-refractivity contribution in [1.82, 2.24) is 10.3 Å². The number of ether oxygens (including phenoxy) is 2. The highest BCUT2D eigenvalue weighted by Crippen LogP contribution is 2.31. The molecular weight excluding hydrogens is 392 g/mol. The molecule has 0 unspecified atom stereocenters. The number of carbonyl (C=O) groups is 1. The molecule has 2 aromatic carbocycles. The Morgan fingerprint density at radius 3 is 2.68 bits per heavy atom. The number of aliphatic imine (C=N–C) groups is 1. The van der Waals surface area contributed by atoms with Crippen LogP contribution in [-0.4, -0.2) is 36.7 Å². The highest BCUT2D eigenvalue weighted by atomic mass is 16.5. The summed E-state index contributed by atoms with van der Waals surface area (Å²) in [7, 11) is 0. The molecule has 3 N–H and O–H groups in total. The minimum atomic E-state index is 0.0311. The molecule has 7 nitrogen and oxygen atoms in total. The number of rotatable bonds is 10. The average Bonchev–Trinajstić information content (AvgIpc) is 3.61. The lowest BCUT2D eigenvalue weighted by Crippen LogP contribution is -2.29. The molecule has 1 heterocycles. The minimum Gasteiger partial charge on any atom is -0.494 e. The highest BCUT2D eigenvalue weighted by molar-refractivity contribution is 5.97. The maximum Gasteiger partial charge on any atom is 0.213 e. The first-order valence-corrected chi connectivity index (χ1v) is 10.5. The first-order valence-electron chi connectivity index (χ1n) is 10.5. The van der Waals surface area contributed by atoms with Crippen LogP contribution in [0.1, 0.15) is 25.7 Å². The van der Waals surface area contributed by atoms with Gasteiger partial charge in [0.1, 0.15) is 5.75 Å². The van der Waals surface area contributed by atoms with Crippen molar-refractivity contribution in [2.24, 2.45) is 10.7 Å². The van der Waals surface area contributed by atoms with E-state index in [4.69, 9.17) is 20.2 Å². The van der Waals surface area contributed by atoms with E-state index in [2.05, 4.69) is 10.3 Å². The summed E-state index contributed by atoms with van der Waals surface area (Å²) in [4.78, 5) is 19.7. The molecular formula is C24H26N4O3. The Balaban J connectivity index is 1.45. The lowest BCUT2D eigenvalue weighted by molar-refractivity contribution is -0.108. The van der Waals surface area contributed by atoms with E-state index in [1.807, 2.05) is 54.6 Å². The van der Waals surface area contributed by atoms with Gasteiger partial charge in [-0.1, -0.05) is 18.2 Å². The van der Waals surface area contributed by atoms with Gasteiger partial charge in [-0.2, -0.15) is 0 Å². The number of para-hydroxylation sites is 1. The summed E-state index contributed by atoms with van der Waals surface area (Å²) in [6.07, 6.45) is 5.43. The summed E-state index contributed by atoms with van der Waals surface area (Å²) in [5.74, 6) is 0.855. The van der Waals surface area contributed by atoms with E-state index >= 15 is 0 Å². The standard InChI is InChI=1S/C24H26N4O3/c25-24(26-16-29)28-23-15-22(27-21-6-2-1-5-20(21)23)17-7-9-18(10-8-17)30-13-3-4-14-31-19-11-12-19/h1-2,5-10,15-16,19H,3-4,11-14H2,(H3,25,26,27,28,29). The smallest absolute Gasteiger partial charge is 0.213 e. The van der Waals surface area contributed by atoms with Crippen molar-refractivity contribution in [1.29, 1.82) is 0 Å². The van der Waals surface area contributed by atoms with Crippen molar-refractivity contribution in [3.63, 3.8) is 0 Å². The Hall–Kier alpha value is -3.45. The number of hydrogen-bond donors (Lipinski definition) is 2. The summed E-state index contributed by atoms with van der Waals surface area (Å²) >= 11 is 0. The number of fused-ring (bicyclic) bond motifs is 1. The molecule has 160 valence electrons. The molecule has 0 aliphatic heterocycles. The van der Waals surface area contributed by atoms with Gasteiger partial charge in [0.2, 0.25) is 6.41 Å². The van der Waals surface area contributed by atoms with E-state index in [0.717, 1.165) is 47.4 Å². The minimum absolute atomic E-state index is 0.0311. The summed E-state index contributed by atoms with van der Waals surface area (Å²) < 4.78 is 11.5. The Morgan fingerprint density at radius 2 is 1.90 bits per heavy atom. The maximum absolute atomic E-state index is 10.6. The lowest BCUT2D eigenvalue weighted by Gasteiger charge is -2.09. The first-order chi connectivity index (χ1) is 15.2. The van der Waals surface area contributed by atoms with Gasteiger partial charge in [0.05, 0.1) is 29.6 Å². The van der Waals surface area contributed by atoms with Crippen LogP contribution in [0.5, 0.6) is 5.75 Å². The molecule has 0 saturated heterocycles. The maximum atomic E-state index is 10.6. The summed E-state index contributed by atoms with van der Waals surface area (Å²) in [6.45, 7) is 1.49. The van der Waals surface area contributed by atoms with Gasteiger partial charge in [-0.3, -0.25) is 10.1 Å². The van der Waals surface area contributed by atoms with Crippen LogP contribution in [0.4, 0.5) is 5.69 Å². The fourth-order valence-electron chi connectivity index (χ4n) is 3.22. The van der Waals surface area contributed by atoms with Crippen LogP contribution in [0.2, 0.25) is 0 Å². The van der Waals surface area contributed by atoms with Crippen molar-refractivity contribution in [3.05, 3.63) is 54.6 Å². The van der Waals surface area contributed by atoms with Gasteiger partial charge < -0.3 is 15.2 Å². The molecule has 4 rings (SSSR count). The first kappa shape index (κ1) is 20.8. The zero-order chi connectivity index (χ0) is 21.5. The third-order valence-corrected chi connectivity index (χ3v) is 4.98. The third kappa shape index (κ3) is 5.79. The Morgan fingerprint density at radius 1 is 1.13 bits per heavy atom. The van der Waals surface area contributed by atoms with Crippen molar-refractivity contribution >= 4 is 29.0 Å². The average molecular weight is 418 g/mol. The molecule has 0 atom stereocenters. The molecule has 0 bridgehead atoms. The topological polar surface area (TPSA) is 98.8 Å². The Bertz CT molecular complexity index is 1060. The Kier molecular flexibility index (Phi) is 6.74. The predicted octanol–water partition coefficient (Wildman–Crippen LogP) is 3.93. The molecule has 0 radical (unpaired) electrons. The second-order valence-electron chi connectivity index (χ2n) is 7.45. The second kappa shape index (κ2) is 10.0. The van der Waals surface area contributed by atoms with Gasteiger partial charge in [-0.05, 0) is 62.1 Å². The number of nitrogens with one attached hydrogen (secondary N) is 1. The van der Waals surface area contributed by atoms with Crippen LogP contribution in [-0.2, 0) is 9.53 Å². The van der Waals surface area contributed by atoms with Crippen molar-refractivity contribution in [2.45, 2.75) is 31.8 Å². The largest absolute Gasteiger partial charge is 0.494 e. The van der Waals surface area contributed by atoms with Gasteiger partial charge in [0, 0.05) is 17.6 Å². The van der Waals surface area contributed by atoms with Crippen molar-refractivity contribution in [2.75, 3.05) is 13.2 Å². The van der Waals surface area contributed by atoms with E-state index in [1.54, 1.807) is 0 Å². The van der Waals surface area contributed by atoms with Crippen molar-refractivity contribution < 1.29 is 14.3 Å². The predicted molar refractivity (Wildman–Crippen MR) is 121 cm³/mol. The van der Waals surface area contributed by atoms with Gasteiger partial charge >= 0.3 is 0 Å². The molecule has 31 heavy (non-hydrogen) atoms. The molecule has 1 saturated carbocycles. The van der Waals surface area contributed by atoms with Gasteiger partial charge in [-0.25, -0.2) is 9.98 Å². The van der Waals surface area contributed by atoms with Crippen molar-refractivity contribution in [3.8, 4) is 17.0 Å². The molecule has 3 aromatic rings. The molecule has 0 spiro atoms. The number of aromatic nitrogens is 1. The number of nitrogens with zero attached hydrogens (tertiary/aromatic N) is 2. The van der Waals surface area contributed by atoms with E-state index < -0.39 is 0 Å². The number of hydrogen-bond acceptors (Lipinski definition) is 5. The van der Waals surface area contributed by atoms with E-state index in [0.29, 0.717) is 24.8 Å². The molecule has 1 aliphatic rings. The molecule has 1 fully saturated rings. The SMILES string of the molecule is NC(=Nc1cc(-c2ccc(OCCCCOC3CC3)cc2)nc2ccccc12)NC=O. The normalized spacial score (nSPS) is 13.9. The number of benzene rings is 2. The van der Waals surface area contributed by atoms with E-state index in [-0.39, 0.29) is 5.96 Å². The van der Waals surface area contributed by atoms with E-state index in [1.165, 1.54) is 12.8 Å². The van der Waals surface area contributed by atoms with E-state index in [9.17, 15) is 4.79 Å². The number of unbranched alkanes of at least 4 members (excludes halogenated alkanes) is 1. The summed E-state index contributed by atoms with van der Waals surface area (Å²) in [5.41, 5.74) is 8.91. The number of amides is 1. The number of carbonyl (C=O) groups excluding carboxylic acids is 1. The molecule has 1 aliphatic carbocycles. The fourth-order valence-corrected chi connectivity index (χ4v) is 3.22. The second-order valence-corrected chi connectivity index (χ2v) is 7.45. The van der Waals surface area contributed by atoms with Crippen LogP contribution >= 0.6 is 0 Å². The Labute approximate surface area is 181 Å². The zero-order valence-electron chi connectivity index (χ0n) is 17.3. The molecule has 1 amide bonds. The summed E-state index contributed by atoms with van der Waals surface area (Å²) in [5, 5.41) is 3.22. The molecule has 1 aromatic heterocycles. The monoisotopic (exact) mass is 418 g/mol. The number of pyridine rings is 1. The highest BCUT2D eigenvalue weighted by Gasteiger charge is 2.21. The lowest BCUT2D eigenvalue weighted by atomic mass is 10.1. The van der Waals surface area contributed by atoms with Gasteiger partial charge in [0.25, 0.3) is 0 Å².